The first-order valence-electron chi connectivity index (χ1n) is 10.9. The molecule has 1 aromatic carbocycles. The number of fused-ring (bicyclic) bond motifs is 1. The SMILES string of the molecule is CC1(C)C(=O)N(c2cncc(OC(F)(F)C(F)F)c2)c2ccc(C(=O)N[C@@]3(C)CCS(=O)(=O)C3)cc21. The van der Waals surface area contributed by atoms with E-state index in [-0.39, 0.29) is 29.2 Å². The van der Waals surface area contributed by atoms with E-state index in [4.69, 9.17) is 0 Å². The van der Waals surface area contributed by atoms with Crippen LogP contribution in [0.1, 0.15) is 43.1 Å². The van der Waals surface area contributed by atoms with Crippen LogP contribution in [0.4, 0.5) is 28.9 Å². The van der Waals surface area contributed by atoms with Gasteiger partial charge in [-0.05, 0) is 51.0 Å². The Morgan fingerprint density at radius 3 is 2.50 bits per heavy atom. The Hall–Kier alpha value is -3.22. The second-order valence-electron chi connectivity index (χ2n) is 9.70. The van der Waals surface area contributed by atoms with Crippen LogP contribution in [0.15, 0.2) is 36.7 Å². The number of aromatic nitrogens is 1. The molecule has 2 aliphatic rings. The zero-order chi connectivity index (χ0) is 26.7. The molecule has 2 aliphatic heterocycles. The van der Waals surface area contributed by atoms with E-state index in [0.29, 0.717) is 11.3 Å². The Morgan fingerprint density at radius 1 is 1.19 bits per heavy atom. The summed E-state index contributed by atoms with van der Waals surface area (Å²) in [7, 11) is -3.25. The highest BCUT2D eigenvalue weighted by Crippen LogP contribution is 2.46. The summed E-state index contributed by atoms with van der Waals surface area (Å²) >= 11 is 0. The maximum Gasteiger partial charge on any atom is 0.461 e. The van der Waals surface area contributed by atoms with Crippen LogP contribution >= 0.6 is 0 Å². The number of hydrogen-bond acceptors (Lipinski definition) is 6. The molecule has 0 unspecified atom stereocenters. The van der Waals surface area contributed by atoms with E-state index in [1.54, 1.807) is 20.8 Å². The predicted octanol–water partition coefficient (Wildman–Crippen LogP) is 3.58. The first-order valence-corrected chi connectivity index (χ1v) is 12.7. The van der Waals surface area contributed by atoms with Crippen LogP contribution in [0.3, 0.4) is 0 Å². The standard InChI is InChI=1S/C23H23F4N3O5S/c1-21(2)16-8-13(18(31)29-22(3)6-7-36(33,34)12-22)4-5-17(16)30(20(21)32)14-9-15(11-28-10-14)35-23(26,27)19(24)25/h4-5,8-11,19H,6-7,12H2,1-3H3,(H,29,31)/t22-/m0/s1. The molecule has 2 amide bonds. The Kier molecular flexibility index (Phi) is 6.05. The van der Waals surface area contributed by atoms with Crippen LogP contribution in [-0.4, -0.2) is 54.8 Å². The van der Waals surface area contributed by atoms with Gasteiger partial charge in [-0.15, -0.1) is 0 Å². The van der Waals surface area contributed by atoms with Crippen molar-refractivity contribution in [3.05, 3.63) is 47.8 Å². The summed E-state index contributed by atoms with van der Waals surface area (Å²) in [6.45, 7) is 4.87. The van der Waals surface area contributed by atoms with Crippen molar-refractivity contribution in [2.24, 2.45) is 0 Å². The molecule has 0 spiro atoms. The lowest BCUT2D eigenvalue weighted by molar-refractivity contribution is -0.253. The Labute approximate surface area is 204 Å². The number of carbonyl (C=O) groups excluding carboxylic acids is 2. The van der Waals surface area contributed by atoms with E-state index < -0.39 is 50.9 Å². The number of rotatable bonds is 6. The molecule has 13 heteroatoms. The van der Waals surface area contributed by atoms with E-state index in [9.17, 15) is 35.6 Å². The van der Waals surface area contributed by atoms with E-state index in [0.717, 1.165) is 12.3 Å². The van der Waals surface area contributed by atoms with Gasteiger partial charge in [0.05, 0.1) is 46.2 Å². The normalized spacial score (nSPS) is 22.6. The zero-order valence-corrected chi connectivity index (χ0v) is 20.3. The number of sulfone groups is 1. The summed E-state index contributed by atoms with van der Waals surface area (Å²) in [5.74, 6) is -1.84. The molecular formula is C23H23F4N3O5S. The molecule has 0 saturated carbocycles. The van der Waals surface area contributed by atoms with E-state index >= 15 is 0 Å². The van der Waals surface area contributed by atoms with Crippen molar-refractivity contribution >= 4 is 33.0 Å². The number of nitrogens with zero attached hydrogens (tertiary/aromatic N) is 2. The summed E-state index contributed by atoms with van der Waals surface area (Å²) in [6.07, 6.45) is -6.52. The van der Waals surface area contributed by atoms with Gasteiger partial charge < -0.3 is 10.1 Å². The highest BCUT2D eigenvalue weighted by molar-refractivity contribution is 7.91. The lowest BCUT2D eigenvalue weighted by Crippen LogP contribution is -2.46. The minimum absolute atomic E-state index is 0.00951. The average Bonchev–Trinajstić information content (AvgIpc) is 3.16. The number of benzene rings is 1. The van der Waals surface area contributed by atoms with Crippen LogP contribution in [-0.2, 0) is 20.0 Å². The molecule has 1 saturated heterocycles. The van der Waals surface area contributed by atoms with Gasteiger partial charge in [-0.3, -0.25) is 19.5 Å². The summed E-state index contributed by atoms with van der Waals surface area (Å²) < 4.78 is 79.6. The molecule has 194 valence electrons. The lowest BCUT2D eigenvalue weighted by Gasteiger charge is -2.24. The van der Waals surface area contributed by atoms with Gasteiger partial charge in [-0.1, -0.05) is 0 Å². The fraction of sp³-hybridized carbons (Fsp3) is 0.435. The van der Waals surface area contributed by atoms with Gasteiger partial charge >= 0.3 is 12.5 Å². The summed E-state index contributed by atoms with van der Waals surface area (Å²) in [6, 6.07) is 5.44. The van der Waals surface area contributed by atoms with Crippen LogP contribution in [0.2, 0.25) is 0 Å². The Balaban J connectivity index is 1.65. The number of hydrogen-bond donors (Lipinski definition) is 1. The van der Waals surface area contributed by atoms with E-state index in [1.165, 1.54) is 29.3 Å². The fourth-order valence-electron chi connectivity index (χ4n) is 4.38. The first-order chi connectivity index (χ1) is 16.5. The topological polar surface area (TPSA) is 106 Å². The third-order valence-electron chi connectivity index (χ3n) is 6.29. The summed E-state index contributed by atoms with van der Waals surface area (Å²) in [4.78, 5) is 31.1. The smallest absolute Gasteiger partial charge is 0.427 e. The molecule has 3 heterocycles. The number of amides is 2. The van der Waals surface area contributed by atoms with Gasteiger partial charge in [0.1, 0.15) is 5.75 Å². The van der Waals surface area contributed by atoms with Crippen molar-refractivity contribution in [3.63, 3.8) is 0 Å². The third kappa shape index (κ3) is 4.63. The molecule has 0 aliphatic carbocycles. The molecule has 4 rings (SSSR count). The molecule has 1 fully saturated rings. The highest BCUT2D eigenvalue weighted by Gasteiger charge is 2.47. The van der Waals surface area contributed by atoms with Crippen molar-refractivity contribution in [3.8, 4) is 5.75 Å². The number of nitrogens with one attached hydrogen (secondary N) is 1. The Bertz CT molecular complexity index is 1350. The molecule has 1 aromatic heterocycles. The van der Waals surface area contributed by atoms with Gasteiger partial charge in [0, 0.05) is 11.6 Å². The minimum atomic E-state index is -4.75. The predicted molar refractivity (Wildman–Crippen MR) is 122 cm³/mol. The van der Waals surface area contributed by atoms with Gasteiger partial charge in [0.25, 0.3) is 5.91 Å². The average molecular weight is 530 g/mol. The quantitative estimate of drug-likeness (QED) is 0.574. The molecular weight excluding hydrogens is 506 g/mol. The maximum absolute atomic E-state index is 13.4. The molecule has 36 heavy (non-hydrogen) atoms. The van der Waals surface area contributed by atoms with Crippen molar-refractivity contribution in [1.29, 1.82) is 0 Å². The zero-order valence-electron chi connectivity index (χ0n) is 19.5. The van der Waals surface area contributed by atoms with Gasteiger partial charge in [-0.25, -0.2) is 8.42 Å². The second kappa shape index (κ2) is 8.43. The number of anilines is 2. The summed E-state index contributed by atoms with van der Waals surface area (Å²) in [5, 5.41) is 2.76. The van der Waals surface area contributed by atoms with Crippen LogP contribution in [0, 0.1) is 0 Å². The maximum atomic E-state index is 13.4. The van der Waals surface area contributed by atoms with Crippen LogP contribution in [0.25, 0.3) is 0 Å². The largest absolute Gasteiger partial charge is 0.461 e. The molecule has 2 aromatic rings. The number of alkyl halides is 4. The van der Waals surface area contributed by atoms with Crippen molar-refractivity contribution in [1.82, 2.24) is 10.3 Å². The van der Waals surface area contributed by atoms with E-state index in [1.807, 2.05) is 0 Å². The third-order valence-corrected chi connectivity index (χ3v) is 8.20. The lowest BCUT2D eigenvalue weighted by atomic mass is 9.85. The van der Waals surface area contributed by atoms with Gasteiger partial charge in [0.15, 0.2) is 9.84 Å². The number of pyridine rings is 1. The molecule has 1 N–H and O–H groups in total. The van der Waals surface area contributed by atoms with Crippen LogP contribution < -0.4 is 15.0 Å². The highest BCUT2D eigenvalue weighted by atomic mass is 32.2. The molecule has 0 radical (unpaired) electrons. The van der Waals surface area contributed by atoms with E-state index in [2.05, 4.69) is 15.0 Å². The first kappa shape index (κ1) is 25.9. The van der Waals surface area contributed by atoms with Gasteiger partial charge in [0.2, 0.25) is 5.91 Å². The number of halogens is 4. The second-order valence-corrected chi connectivity index (χ2v) is 11.9. The molecule has 1 atom stereocenters. The van der Waals surface area contributed by atoms with Crippen molar-refractivity contribution in [2.75, 3.05) is 16.4 Å². The molecule has 0 bridgehead atoms. The monoisotopic (exact) mass is 529 g/mol. The minimum Gasteiger partial charge on any atom is -0.427 e. The molecule has 8 nitrogen and oxygen atoms in total. The van der Waals surface area contributed by atoms with Crippen molar-refractivity contribution in [2.45, 2.75) is 50.7 Å². The number of carbonyl (C=O) groups is 2. The number of ether oxygens (including phenoxy) is 1. The summed E-state index contributed by atoms with van der Waals surface area (Å²) in [5.41, 5.74) is -1.05. The van der Waals surface area contributed by atoms with Crippen molar-refractivity contribution < 1.29 is 40.3 Å². The van der Waals surface area contributed by atoms with Crippen LogP contribution in [0.5, 0.6) is 5.75 Å². The fourth-order valence-corrected chi connectivity index (χ4v) is 6.47. The van der Waals surface area contributed by atoms with Gasteiger partial charge in [-0.2, -0.15) is 17.6 Å². The Morgan fingerprint density at radius 2 is 1.89 bits per heavy atom.